The van der Waals surface area contributed by atoms with Gasteiger partial charge in [0.25, 0.3) is 0 Å². The Hall–Kier alpha value is -1.51. The Kier molecular flexibility index (Phi) is 4.69. The van der Waals surface area contributed by atoms with Gasteiger partial charge in [-0.1, -0.05) is 33.1 Å². The fourth-order valence-corrected chi connectivity index (χ4v) is 3.10. The quantitative estimate of drug-likeness (QED) is 0.844. The number of carbonyl (C=O) groups excluding carboxylic acids is 1. The summed E-state index contributed by atoms with van der Waals surface area (Å²) in [6, 6.07) is 7.65. The molecule has 3 nitrogen and oxygen atoms in total. The van der Waals surface area contributed by atoms with Crippen molar-refractivity contribution in [2.45, 2.75) is 52.4 Å². The van der Waals surface area contributed by atoms with Gasteiger partial charge in [0.05, 0.1) is 0 Å². The van der Waals surface area contributed by atoms with Crippen molar-refractivity contribution >= 4 is 17.3 Å². The topological polar surface area (TPSA) is 46.3 Å². The summed E-state index contributed by atoms with van der Waals surface area (Å²) in [6.45, 7) is 5.02. The third-order valence-electron chi connectivity index (χ3n) is 4.37. The third kappa shape index (κ3) is 3.14. The zero-order chi connectivity index (χ0) is 14.6. The SMILES string of the molecule is CCCN(C(=O)C1(C)CCCCC1)c1ccc(N)cc1. The molecule has 1 amide bonds. The van der Waals surface area contributed by atoms with Crippen LogP contribution in [0.1, 0.15) is 52.4 Å². The number of amides is 1. The van der Waals surface area contributed by atoms with Crippen LogP contribution in [0.5, 0.6) is 0 Å². The lowest BCUT2D eigenvalue weighted by atomic mass is 9.74. The van der Waals surface area contributed by atoms with Crippen molar-refractivity contribution in [3.05, 3.63) is 24.3 Å². The van der Waals surface area contributed by atoms with Crippen LogP contribution in [-0.2, 0) is 4.79 Å². The standard InChI is InChI=1S/C17H26N2O/c1-3-13-19(15-9-7-14(18)8-10-15)16(20)17(2)11-5-4-6-12-17/h7-10H,3-6,11-13,18H2,1-2H3. The number of carbonyl (C=O) groups is 1. The minimum absolute atomic E-state index is 0.186. The Balaban J connectivity index is 2.23. The van der Waals surface area contributed by atoms with Crippen LogP contribution in [0.15, 0.2) is 24.3 Å². The van der Waals surface area contributed by atoms with Gasteiger partial charge in [0.2, 0.25) is 5.91 Å². The van der Waals surface area contributed by atoms with Crippen molar-refractivity contribution in [2.75, 3.05) is 17.2 Å². The van der Waals surface area contributed by atoms with Gasteiger partial charge < -0.3 is 10.6 Å². The van der Waals surface area contributed by atoms with Gasteiger partial charge >= 0.3 is 0 Å². The van der Waals surface area contributed by atoms with Gasteiger partial charge in [0.15, 0.2) is 0 Å². The van der Waals surface area contributed by atoms with Gasteiger partial charge in [-0.05, 0) is 43.5 Å². The van der Waals surface area contributed by atoms with Gasteiger partial charge in [-0.25, -0.2) is 0 Å². The molecule has 1 aromatic carbocycles. The van der Waals surface area contributed by atoms with E-state index in [0.29, 0.717) is 0 Å². The van der Waals surface area contributed by atoms with Crippen molar-refractivity contribution in [3.8, 4) is 0 Å². The van der Waals surface area contributed by atoms with Crippen molar-refractivity contribution in [1.29, 1.82) is 0 Å². The molecule has 1 aromatic rings. The molecule has 0 spiro atoms. The second kappa shape index (κ2) is 6.29. The maximum absolute atomic E-state index is 13.0. The van der Waals surface area contributed by atoms with Crippen molar-refractivity contribution < 1.29 is 4.79 Å². The van der Waals surface area contributed by atoms with E-state index in [1.54, 1.807) is 0 Å². The Morgan fingerprint density at radius 1 is 1.20 bits per heavy atom. The van der Waals surface area contributed by atoms with Crippen molar-refractivity contribution in [1.82, 2.24) is 0 Å². The third-order valence-corrected chi connectivity index (χ3v) is 4.37. The molecule has 1 saturated carbocycles. The molecule has 2 N–H and O–H groups in total. The molecule has 0 aromatic heterocycles. The van der Waals surface area contributed by atoms with Crippen LogP contribution in [0.3, 0.4) is 0 Å². The average molecular weight is 274 g/mol. The van der Waals surface area contributed by atoms with E-state index in [2.05, 4.69) is 13.8 Å². The molecule has 1 aliphatic rings. The second-order valence-corrected chi connectivity index (χ2v) is 6.17. The lowest BCUT2D eigenvalue weighted by Crippen LogP contribution is -2.44. The Labute approximate surface area is 122 Å². The Morgan fingerprint density at radius 2 is 1.80 bits per heavy atom. The molecule has 0 atom stereocenters. The summed E-state index contributed by atoms with van der Waals surface area (Å²) in [5, 5.41) is 0. The minimum Gasteiger partial charge on any atom is -0.399 e. The molecule has 1 fully saturated rings. The van der Waals surface area contributed by atoms with Gasteiger partial charge in [-0.3, -0.25) is 4.79 Å². The Morgan fingerprint density at radius 3 is 2.35 bits per heavy atom. The molecule has 3 heteroatoms. The summed E-state index contributed by atoms with van der Waals surface area (Å²) in [7, 11) is 0. The number of hydrogen-bond donors (Lipinski definition) is 1. The van der Waals surface area contributed by atoms with E-state index < -0.39 is 0 Å². The number of nitrogens with zero attached hydrogens (tertiary/aromatic N) is 1. The fourth-order valence-electron chi connectivity index (χ4n) is 3.10. The zero-order valence-corrected chi connectivity index (χ0v) is 12.7. The summed E-state index contributed by atoms with van der Waals surface area (Å²) >= 11 is 0. The van der Waals surface area contributed by atoms with Crippen LogP contribution in [0.2, 0.25) is 0 Å². The summed E-state index contributed by atoms with van der Waals surface area (Å²) in [5.74, 6) is 0.281. The molecular weight excluding hydrogens is 248 g/mol. The number of nitrogens with two attached hydrogens (primary N) is 1. The van der Waals surface area contributed by atoms with Crippen LogP contribution in [0.4, 0.5) is 11.4 Å². The first kappa shape index (κ1) is 14.9. The van der Waals surface area contributed by atoms with Crippen LogP contribution in [0, 0.1) is 5.41 Å². The maximum atomic E-state index is 13.0. The first-order valence-corrected chi connectivity index (χ1v) is 7.74. The van der Waals surface area contributed by atoms with Crippen LogP contribution >= 0.6 is 0 Å². The largest absolute Gasteiger partial charge is 0.399 e. The first-order chi connectivity index (χ1) is 9.57. The highest BCUT2D eigenvalue weighted by atomic mass is 16.2. The highest BCUT2D eigenvalue weighted by Gasteiger charge is 2.37. The van der Waals surface area contributed by atoms with Gasteiger partial charge in [0.1, 0.15) is 0 Å². The van der Waals surface area contributed by atoms with E-state index in [4.69, 9.17) is 5.73 Å². The molecule has 0 radical (unpaired) electrons. The molecular formula is C17H26N2O. The smallest absolute Gasteiger partial charge is 0.232 e. The monoisotopic (exact) mass is 274 g/mol. The van der Waals surface area contributed by atoms with E-state index in [1.165, 1.54) is 19.3 Å². The lowest BCUT2D eigenvalue weighted by molar-refractivity contribution is -0.129. The van der Waals surface area contributed by atoms with Crippen LogP contribution in [-0.4, -0.2) is 12.5 Å². The number of nitrogen functional groups attached to an aromatic ring is 1. The highest BCUT2D eigenvalue weighted by Crippen LogP contribution is 2.38. The highest BCUT2D eigenvalue weighted by molar-refractivity contribution is 5.97. The van der Waals surface area contributed by atoms with Gasteiger partial charge in [0, 0.05) is 23.3 Å². The molecule has 0 heterocycles. The summed E-state index contributed by atoms with van der Waals surface area (Å²) in [6.07, 6.45) is 6.60. The van der Waals surface area contributed by atoms with E-state index in [9.17, 15) is 4.79 Å². The van der Waals surface area contributed by atoms with E-state index in [1.807, 2.05) is 29.2 Å². The second-order valence-electron chi connectivity index (χ2n) is 6.17. The number of benzene rings is 1. The zero-order valence-electron chi connectivity index (χ0n) is 12.7. The molecule has 110 valence electrons. The maximum Gasteiger partial charge on any atom is 0.232 e. The predicted molar refractivity (Wildman–Crippen MR) is 84.7 cm³/mol. The van der Waals surface area contributed by atoms with E-state index >= 15 is 0 Å². The van der Waals surface area contributed by atoms with Crippen LogP contribution in [0.25, 0.3) is 0 Å². The summed E-state index contributed by atoms with van der Waals surface area (Å²) < 4.78 is 0. The van der Waals surface area contributed by atoms with Crippen molar-refractivity contribution in [2.24, 2.45) is 5.41 Å². The molecule has 0 aliphatic heterocycles. The van der Waals surface area contributed by atoms with Crippen LogP contribution < -0.4 is 10.6 Å². The first-order valence-electron chi connectivity index (χ1n) is 7.74. The molecule has 0 saturated heterocycles. The van der Waals surface area contributed by atoms with E-state index in [-0.39, 0.29) is 11.3 Å². The fraction of sp³-hybridized carbons (Fsp3) is 0.588. The molecule has 20 heavy (non-hydrogen) atoms. The predicted octanol–water partition coefficient (Wildman–Crippen LogP) is 3.98. The molecule has 0 bridgehead atoms. The molecule has 2 rings (SSSR count). The molecule has 1 aliphatic carbocycles. The average Bonchev–Trinajstić information content (AvgIpc) is 2.46. The summed E-state index contributed by atoms with van der Waals surface area (Å²) in [5.41, 5.74) is 7.26. The lowest BCUT2D eigenvalue weighted by Gasteiger charge is -2.37. The number of rotatable bonds is 4. The van der Waals surface area contributed by atoms with Gasteiger partial charge in [-0.15, -0.1) is 0 Å². The Bertz CT molecular complexity index is 447. The number of anilines is 2. The summed E-state index contributed by atoms with van der Waals surface area (Å²) in [4.78, 5) is 14.9. The number of hydrogen-bond acceptors (Lipinski definition) is 2. The van der Waals surface area contributed by atoms with Crippen molar-refractivity contribution in [3.63, 3.8) is 0 Å². The normalized spacial score (nSPS) is 17.7. The minimum atomic E-state index is -0.186. The molecule has 0 unspecified atom stereocenters. The van der Waals surface area contributed by atoms with E-state index in [0.717, 1.165) is 37.2 Å². The van der Waals surface area contributed by atoms with Gasteiger partial charge in [-0.2, -0.15) is 0 Å².